The van der Waals surface area contributed by atoms with E-state index in [1.807, 2.05) is 0 Å². The smallest absolute Gasteiger partial charge is 0.223 e. The lowest BCUT2D eigenvalue weighted by molar-refractivity contribution is -0.123. The van der Waals surface area contributed by atoms with Crippen molar-refractivity contribution in [2.24, 2.45) is 5.92 Å². The zero-order valence-corrected chi connectivity index (χ0v) is 7.12. The highest BCUT2D eigenvalue weighted by Crippen LogP contribution is 2.30. The average molecular weight is 169 g/mol. The monoisotopic (exact) mass is 169 g/mol. The Kier molecular flexibility index (Phi) is 2.05. The van der Waals surface area contributed by atoms with Crippen molar-refractivity contribution >= 4 is 5.91 Å². The van der Waals surface area contributed by atoms with Gasteiger partial charge < -0.3 is 10.4 Å². The lowest BCUT2D eigenvalue weighted by Crippen LogP contribution is -2.40. The maximum absolute atomic E-state index is 11.3. The largest absolute Gasteiger partial charge is 0.391 e. The van der Waals surface area contributed by atoms with E-state index in [0.717, 1.165) is 32.1 Å². The normalized spacial score (nSPS) is 35.1. The first-order valence-electron chi connectivity index (χ1n) is 4.76. The van der Waals surface area contributed by atoms with Gasteiger partial charge in [0.05, 0.1) is 12.1 Å². The maximum Gasteiger partial charge on any atom is 0.223 e. The average Bonchev–Trinajstić information content (AvgIpc) is 2.80. The number of aliphatic hydroxyl groups excluding tert-OH is 1. The molecule has 0 spiro atoms. The fraction of sp³-hybridized carbons (Fsp3) is 0.889. The predicted octanol–water partition coefficient (Wildman–Crippen LogP) is 0.426. The topological polar surface area (TPSA) is 49.3 Å². The van der Waals surface area contributed by atoms with Crippen LogP contribution in [0.5, 0.6) is 0 Å². The molecule has 3 heteroatoms. The summed E-state index contributed by atoms with van der Waals surface area (Å²) in [5.41, 5.74) is 0. The molecule has 2 N–H and O–H groups in total. The number of hydrogen-bond acceptors (Lipinski definition) is 2. The fourth-order valence-electron chi connectivity index (χ4n) is 1.75. The van der Waals surface area contributed by atoms with E-state index in [9.17, 15) is 9.90 Å². The number of rotatable bonds is 2. The molecule has 2 unspecified atom stereocenters. The fourth-order valence-corrected chi connectivity index (χ4v) is 1.75. The first-order valence-corrected chi connectivity index (χ1v) is 4.76. The second kappa shape index (κ2) is 3.05. The molecule has 2 saturated carbocycles. The van der Waals surface area contributed by atoms with E-state index in [1.165, 1.54) is 0 Å². The van der Waals surface area contributed by atoms with Gasteiger partial charge in [-0.15, -0.1) is 0 Å². The highest BCUT2D eigenvalue weighted by atomic mass is 16.3. The van der Waals surface area contributed by atoms with Crippen LogP contribution in [0.3, 0.4) is 0 Å². The molecule has 2 fully saturated rings. The number of amides is 1. The van der Waals surface area contributed by atoms with Crippen LogP contribution in [0.4, 0.5) is 0 Å². The van der Waals surface area contributed by atoms with E-state index >= 15 is 0 Å². The molecule has 0 radical (unpaired) electrons. The Labute approximate surface area is 72.2 Å². The molecule has 0 heterocycles. The SMILES string of the molecule is O=C(NC1CCCC1O)C1CC1. The summed E-state index contributed by atoms with van der Waals surface area (Å²) < 4.78 is 0. The second-order valence-electron chi connectivity index (χ2n) is 3.89. The van der Waals surface area contributed by atoms with E-state index in [4.69, 9.17) is 0 Å². The minimum atomic E-state index is -0.298. The summed E-state index contributed by atoms with van der Waals surface area (Å²) in [6, 6.07) is 0.0399. The van der Waals surface area contributed by atoms with Crippen molar-refractivity contribution in [1.82, 2.24) is 5.32 Å². The number of aliphatic hydroxyl groups is 1. The third kappa shape index (κ3) is 1.61. The van der Waals surface area contributed by atoms with Crippen LogP contribution in [0, 0.1) is 5.92 Å². The molecule has 2 rings (SSSR count). The molecule has 0 saturated heterocycles. The molecule has 0 bridgehead atoms. The number of carbonyl (C=O) groups excluding carboxylic acids is 1. The molecule has 0 aliphatic heterocycles. The minimum absolute atomic E-state index is 0.0399. The van der Waals surface area contributed by atoms with E-state index in [0.29, 0.717) is 0 Å². The molecular formula is C9H15NO2. The summed E-state index contributed by atoms with van der Waals surface area (Å²) in [6.07, 6.45) is 4.60. The summed E-state index contributed by atoms with van der Waals surface area (Å²) in [5.74, 6) is 0.416. The quantitative estimate of drug-likeness (QED) is 0.629. The molecule has 2 aliphatic carbocycles. The lowest BCUT2D eigenvalue weighted by atomic mass is 10.2. The zero-order valence-electron chi connectivity index (χ0n) is 7.12. The summed E-state index contributed by atoms with van der Waals surface area (Å²) in [7, 11) is 0. The van der Waals surface area contributed by atoms with Crippen molar-refractivity contribution in [2.45, 2.75) is 44.2 Å². The Morgan fingerprint density at radius 2 is 2.00 bits per heavy atom. The summed E-state index contributed by atoms with van der Waals surface area (Å²) in [5, 5.41) is 12.3. The van der Waals surface area contributed by atoms with Gasteiger partial charge in [-0.05, 0) is 32.1 Å². The van der Waals surface area contributed by atoms with Crippen molar-refractivity contribution in [3.63, 3.8) is 0 Å². The number of hydrogen-bond donors (Lipinski definition) is 2. The summed E-state index contributed by atoms with van der Waals surface area (Å²) >= 11 is 0. The molecule has 3 nitrogen and oxygen atoms in total. The van der Waals surface area contributed by atoms with Crippen LogP contribution >= 0.6 is 0 Å². The van der Waals surface area contributed by atoms with E-state index in [2.05, 4.69) is 5.32 Å². The van der Waals surface area contributed by atoms with E-state index < -0.39 is 0 Å². The molecule has 0 aromatic carbocycles. The van der Waals surface area contributed by atoms with Gasteiger partial charge in [-0.2, -0.15) is 0 Å². The van der Waals surface area contributed by atoms with Crippen molar-refractivity contribution in [1.29, 1.82) is 0 Å². The van der Waals surface area contributed by atoms with Crippen molar-refractivity contribution in [3.05, 3.63) is 0 Å². The molecule has 0 aromatic rings. The minimum Gasteiger partial charge on any atom is -0.391 e. The molecule has 1 amide bonds. The Bertz CT molecular complexity index is 189. The van der Waals surface area contributed by atoms with Crippen LogP contribution < -0.4 is 5.32 Å². The van der Waals surface area contributed by atoms with Gasteiger partial charge in [0.1, 0.15) is 0 Å². The molecule has 2 atom stereocenters. The van der Waals surface area contributed by atoms with E-state index in [1.54, 1.807) is 0 Å². The first-order chi connectivity index (χ1) is 5.77. The van der Waals surface area contributed by atoms with Gasteiger partial charge in [-0.25, -0.2) is 0 Å². The Hall–Kier alpha value is -0.570. The molecule has 0 aromatic heterocycles. The van der Waals surface area contributed by atoms with Gasteiger partial charge in [0.15, 0.2) is 0 Å². The van der Waals surface area contributed by atoms with Crippen LogP contribution in [0.15, 0.2) is 0 Å². The summed E-state index contributed by atoms with van der Waals surface area (Å²) in [4.78, 5) is 11.3. The molecule has 68 valence electrons. The van der Waals surface area contributed by atoms with Gasteiger partial charge >= 0.3 is 0 Å². The van der Waals surface area contributed by atoms with Gasteiger partial charge in [0.2, 0.25) is 5.91 Å². The predicted molar refractivity (Wildman–Crippen MR) is 44.5 cm³/mol. The highest BCUT2D eigenvalue weighted by Gasteiger charge is 2.33. The Morgan fingerprint density at radius 1 is 1.25 bits per heavy atom. The Morgan fingerprint density at radius 3 is 2.50 bits per heavy atom. The Balaban J connectivity index is 1.80. The molecular weight excluding hydrogens is 154 g/mol. The number of carbonyl (C=O) groups is 1. The van der Waals surface area contributed by atoms with Crippen LogP contribution in [0.1, 0.15) is 32.1 Å². The first kappa shape index (κ1) is 8.05. The zero-order chi connectivity index (χ0) is 8.55. The second-order valence-corrected chi connectivity index (χ2v) is 3.89. The van der Waals surface area contributed by atoms with Crippen molar-refractivity contribution in [3.8, 4) is 0 Å². The van der Waals surface area contributed by atoms with Crippen LogP contribution in [-0.2, 0) is 4.79 Å². The standard InChI is InChI=1S/C9H15NO2/c11-8-3-1-2-7(8)10-9(12)6-4-5-6/h6-8,11H,1-5H2,(H,10,12). The summed E-state index contributed by atoms with van der Waals surface area (Å²) in [6.45, 7) is 0. The van der Waals surface area contributed by atoms with Crippen LogP contribution in [0.2, 0.25) is 0 Å². The van der Waals surface area contributed by atoms with Gasteiger partial charge in [0, 0.05) is 5.92 Å². The maximum atomic E-state index is 11.3. The molecule has 2 aliphatic rings. The van der Waals surface area contributed by atoms with Gasteiger partial charge in [0.25, 0.3) is 0 Å². The van der Waals surface area contributed by atoms with Crippen molar-refractivity contribution in [2.75, 3.05) is 0 Å². The molecule has 12 heavy (non-hydrogen) atoms. The van der Waals surface area contributed by atoms with Gasteiger partial charge in [-0.1, -0.05) is 0 Å². The van der Waals surface area contributed by atoms with Crippen LogP contribution in [0.25, 0.3) is 0 Å². The van der Waals surface area contributed by atoms with Crippen LogP contribution in [-0.4, -0.2) is 23.2 Å². The van der Waals surface area contributed by atoms with Gasteiger partial charge in [-0.3, -0.25) is 4.79 Å². The lowest BCUT2D eigenvalue weighted by Gasteiger charge is -2.15. The number of nitrogens with one attached hydrogen (secondary N) is 1. The third-order valence-corrected chi connectivity index (χ3v) is 2.76. The van der Waals surface area contributed by atoms with E-state index in [-0.39, 0.29) is 24.0 Å². The highest BCUT2D eigenvalue weighted by molar-refractivity contribution is 5.81. The van der Waals surface area contributed by atoms with Crippen molar-refractivity contribution < 1.29 is 9.90 Å². The third-order valence-electron chi connectivity index (χ3n) is 2.76.